The summed E-state index contributed by atoms with van der Waals surface area (Å²) >= 11 is 0. The summed E-state index contributed by atoms with van der Waals surface area (Å²) in [6, 6.07) is 7.98. The standard InChI is InChI=1S/C20H25N3O3/c1-13(2)18-21-19(26-22-18)14-7-9-23(10-8-14)20(24)16-11-15-5-3-4-6-17(15)25-12-16/h3-6,13-14,16H,7-12H2,1-2H3. The first-order valence-corrected chi connectivity index (χ1v) is 9.45. The molecule has 2 aromatic rings. The fourth-order valence-electron chi connectivity index (χ4n) is 3.74. The van der Waals surface area contributed by atoms with Crippen molar-refractivity contribution >= 4 is 5.91 Å². The van der Waals surface area contributed by atoms with Crippen molar-refractivity contribution in [1.82, 2.24) is 15.0 Å². The molecule has 1 unspecified atom stereocenters. The SMILES string of the molecule is CC(C)c1noc(C2CCN(C(=O)C3COc4ccccc4C3)CC2)n1. The fourth-order valence-corrected chi connectivity index (χ4v) is 3.74. The van der Waals surface area contributed by atoms with Crippen molar-refractivity contribution in [2.45, 2.75) is 44.9 Å². The van der Waals surface area contributed by atoms with E-state index in [1.807, 2.05) is 29.2 Å². The van der Waals surface area contributed by atoms with Gasteiger partial charge in [0.1, 0.15) is 12.4 Å². The first kappa shape index (κ1) is 17.1. The van der Waals surface area contributed by atoms with Crippen LogP contribution in [0.2, 0.25) is 0 Å². The van der Waals surface area contributed by atoms with Gasteiger partial charge in [-0.25, -0.2) is 0 Å². The van der Waals surface area contributed by atoms with E-state index in [2.05, 4.69) is 24.0 Å². The second-order valence-corrected chi connectivity index (χ2v) is 7.56. The quantitative estimate of drug-likeness (QED) is 0.846. The Labute approximate surface area is 153 Å². The number of fused-ring (bicyclic) bond motifs is 1. The smallest absolute Gasteiger partial charge is 0.229 e. The molecule has 1 aromatic heterocycles. The predicted octanol–water partition coefficient (Wildman–Crippen LogP) is 3.15. The number of likely N-dealkylation sites (tertiary alicyclic amines) is 1. The normalized spacial score (nSPS) is 20.7. The number of hydrogen-bond donors (Lipinski definition) is 0. The zero-order valence-corrected chi connectivity index (χ0v) is 15.4. The molecule has 3 heterocycles. The highest BCUT2D eigenvalue weighted by Gasteiger charge is 2.33. The van der Waals surface area contributed by atoms with Gasteiger partial charge in [0.15, 0.2) is 5.82 Å². The fraction of sp³-hybridized carbons (Fsp3) is 0.550. The summed E-state index contributed by atoms with van der Waals surface area (Å²) in [5.74, 6) is 3.02. The largest absolute Gasteiger partial charge is 0.492 e. The summed E-state index contributed by atoms with van der Waals surface area (Å²) in [6.07, 6.45) is 2.50. The van der Waals surface area contributed by atoms with Gasteiger partial charge in [-0.3, -0.25) is 4.79 Å². The molecule has 1 saturated heterocycles. The first-order chi connectivity index (χ1) is 12.6. The topological polar surface area (TPSA) is 68.5 Å². The van der Waals surface area contributed by atoms with E-state index < -0.39 is 0 Å². The molecule has 1 amide bonds. The highest BCUT2D eigenvalue weighted by Crippen LogP contribution is 2.31. The number of carbonyl (C=O) groups is 1. The molecule has 0 bridgehead atoms. The summed E-state index contributed by atoms with van der Waals surface area (Å²) in [4.78, 5) is 19.4. The highest BCUT2D eigenvalue weighted by molar-refractivity contribution is 5.80. The molecule has 2 aliphatic rings. The van der Waals surface area contributed by atoms with Crippen LogP contribution in [-0.4, -0.2) is 40.6 Å². The van der Waals surface area contributed by atoms with Crippen molar-refractivity contribution < 1.29 is 14.1 Å². The van der Waals surface area contributed by atoms with Crippen molar-refractivity contribution in [2.75, 3.05) is 19.7 Å². The molecule has 0 radical (unpaired) electrons. The lowest BCUT2D eigenvalue weighted by atomic mass is 9.92. The molecule has 0 saturated carbocycles. The zero-order valence-electron chi connectivity index (χ0n) is 15.4. The van der Waals surface area contributed by atoms with E-state index in [4.69, 9.17) is 9.26 Å². The maximum atomic E-state index is 12.9. The number of amides is 1. The van der Waals surface area contributed by atoms with Crippen LogP contribution in [0.25, 0.3) is 0 Å². The molecule has 0 N–H and O–H groups in total. The van der Waals surface area contributed by atoms with Gasteiger partial charge in [-0.15, -0.1) is 0 Å². The summed E-state index contributed by atoms with van der Waals surface area (Å²) in [5, 5.41) is 4.06. The summed E-state index contributed by atoms with van der Waals surface area (Å²) in [5.41, 5.74) is 1.12. The lowest BCUT2D eigenvalue weighted by Crippen LogP contribution is -2.44. The minimum atomic E-state index is -0.0857. The van der Waals surface area contributed by atoms with Gasteiger partial charge in [0, 0.05) is 24.9 Å². The van der Waals surface area contributed by atoms with Gasteiger partial charge in [-0.2, -0.15) is 4.98 Å². The van der Waals surface area contributed by atoms with Crippen LogP contribution in [0, 0.1) is 5.92 Å². The Kier molecular flexibility index (Phi) is 4.66. The van der Waals surface area contributed by atoms with Crippen LogP contribution in [0.15, 0.2) is 28.8 Å². The van der Waals surface area contributed by atoms with Gasteiger partial charge >= 0.3 is 0 Å². The molecular formula is C20H25N3O3. The minimum absolute atomic E-state index is 0.0857. The maximum Gasteiger partial charge on any atom is 0.229 e. The number of hydrogen-bond acceptors (Lipinski definition) is 5. The number of para-hydroxylation sites is 1. The van der Waals surface area contributed by atoms with Gasteiger partial charge in [0.05, 0.1) is 5.92 Å². The van der Waals surface area contributed by atoms with Crippen LogP contribution in [0.3, 0.4) is 0 Å². The third-order valence-corrected chi connectivity index (χ3v) is 5.36. The molecule has 1 atom stereocenters. The second-order valence-electron chi connectivity index (χ2n) is 7.56. The van der Waals surface area contributed by atoms with E-state index >= 15 is 0 Å². The second kappa shape index (κ2) is 7.09. The number of aromatic nitrogens is 2. The zero-order chi connectivity index (χ0) is 18.1. The number of nitrogens with zero attached hydrogens (tertiary/aromatic N) is 3. The predicted molar refractivity (Wildman–Crippen MR) is 96.1 cm³/mol. The monoisotopic (exact) mass is 355 g/mol. The van der Waals surface area contributed by atoms with Crippen LogP contribution in [0.4, 0.5) is 0 Å². The molecule has 138 valence electrons. The Hall–Kier alpha value is -2.37. The molecule has 1 aromatic carbocycles. The minimum Gasteiger partial charge on any atom is -0.492 e. The molecule has 2 aliphatic heterocycles. The van der Waals surface area contributed by atoms with Crippen molar-refractivity contribution in [1.29, 1.82) is 0 Å². The Balaban J connectivity index is 1.35. The highest BCUT2D eigenvalue weighted by atomic mass is 16.5. The summed E-state index contributed by atoms with van der Waals surface area (Å²) in [6.45, 7) is 6.06. The third-order valence-electron chi connectivity index (χ3n) is 5.36. The number of benzene rings is 1. The third kappa shape index (κ3) is 3.32. The van der Waals surface area contributed by atoms with E-state index in [0.29, 0.717) is 6.61 Å². The van der Waals surface area contributed by atoms with Crippen molar-refractivity contribution in [3.8, 4) is 5.75 Å². The maximum absolute atomic E-state index is 12.9. The number of rotatable bonds is 3. The van der Waals surface area contributed by atoms with E-state index in [1.54, 1.807) is 0 Å². The van der Waals surface area contributed by atoms with Crippen molar-refractivity contribution in [2.24, 2.45) is 5.92 Å². The Morgan fingerprint density at radius 1 is 1.23 bits per heavy atom. The number of carbonyl (C=O) groups excluding carboxylic acids is 1. The Morgan fingerprint density at radius 2 is 2.00 bits per heavy atom. The number of ether oxygens (including phenoxy) is 1. The lowest BCUT2D eigenvalue weighted by Gasteiger charge is -2.34. The van der Waals surface area contributed by atoms with Crippen LogP contribution >= 0.6 is 0 Å². The van der Waals surface area contributed by atoms with E-state index in [0.717, 1.165) is 55.4 Å². The van der Waals surface area contributed by atoms with E-state index in [1.165, 1.54) is 0 Å². The first-order valence-electron chi connectivity index (χ1n) is 9.45. The van der Waals surface area contributed by atoms with Crippen molar-refractivity contribution in [3.63, 3.8) is 0 Å². The molecule has 26 heavy (non-hydrogen) atoms. The van der Waals surface area contributed by atoms with Crippen LogP contribution in [0.1, 0.15) is 55.8 Å². The van der Waals surface area contributed by atoms with Gasteiger partial charge in [0.2, 0.25) is 11.8 Å². The average Bonchev–Trinajstić information content (AvgIpc) is 3.18. The molecule has 4 rings (SSSR count). The molecular weight excluding hydrogens is 330 g/mol. The van der Waals surface area contributed by atoms with Gasteiger partial charge in [-0.05, 0) is 30.9 Å². The van der Waals surface area contributed by atoms with E-state index in [9.17, 15) is 4.79 Å². The van der Waals surface area contributed by atoms with Crippen molar-refractivity contribution in [3.05, 3.63) is 41.5 Å². The Morgan fingerprint density at radius 3 is 2.73 bits per heavy atom. The molecule has 0 aliphatic carbocycles. The van der Waals surface area contributed by atoms with Crippen LogP contribution < -0.4 is 4.74 Å². The Bertz CT molecular complexity index is 778. The molecule has 1 fully saturated rings. The van der Waals surface area contributed by atoms with E-state index in [-0.39, 0.29) is 23.7 Å². The lowest BCUT2D eigenvalue weighted by molar-refractivity contribution is -0.138. The molecule has 6 nitrogen and oxygen atoms in total. The molecule has 0 spiro atoms. The van der Waals surface area contributed by atoms with Gasteiger partial charge < -0.3 is 14.2 Å². The van der Waals surface area contributed by atoms with Gasteiger partial charge in [-0.1, -0.05) is 37.2 Å². The molecule has 6 heteroatoms. The summed E-state index contributed by atoms with van der Waals surface area (Å²) < 4.78 is 11.2. The van der Waals surface area contributed by atoms with Gasteiger partial charge in [0.25, 0.3) is 0 Å². The van der Waals surface area contributed by atoms with Crippen LogP contribution in [0.5, 0.6) is 5.75 Å². The summed E-state index contributed by atoms with van der Waals surface area (Å²) in [7, 11) is 0. The van der Waals surface area contributed by atoms with Crippen LogP contribution in [-0.2, 0) is 11.2 Å². The average molecular weight is 355 g/mol. The number of piperidine rings is 1.